The lowest BCUT2D eigenvalue weighted by atomic mass is 10.1. The summed E-state index contributed by atoms with van der Waals surface area (Å²) in [4.78, 5) is 18.0. The van der Waals surface area contributed by atoms with Gasteiger partial charge in [-0.15, -0.1) is 0 Å². The predicted octanol–water partition coefficient (Wildman–Crippen LogP) is 1.72. The molecule has 2 aromatic carbocycles. The van der Waals surface area contributed by atoms with Gasteiger partial charge in [0.25, 0.3) is 0 Å². The van der Waals surface area contributed by atoms with E-state index in [2.05, 4.69) is 68.3 Å². The molecule has 0 aromatic heterocycles. The van der Waals surface area contributed by atoms with E-state index >= 15 is 0 Å². The van der Waals surface area contributed by atoms with Crippen LogP contribution in [0.3, 0.4) is 0 Å². The fraction of sp³-hybridized carbons (Fsp3) is 0.429. The van der Waals surface area contributed by atoms with Gasteiger partial charge in [0.05, 0.1) is 6.54 Å². The number of hydrogen-bond acceptors (Lipinski definition) is 3. The van der Waals surface area contributed by atoms with Crippen LogP contribution in [-0.2, 0) is 11.3 Å². The molecule has 0 unspecified atom stereocenters. The number of guanidine groups is 1. The third kappa shape index (κ3) is 5.44. The van der Waals surface area contributed by atoms with Crippen LogP contribution >= 0.6 is 0 Å². The minimum absolute atomic E-state index is 0.0780. The van der Waals surface area contributed by atoms with Crippen molar-refractivity contribution in [2.24, 2.45) is 4.99 Å². The summed E-state index contributed by atoms with van der Waals surface area (Å²) in [6.07, 6.45) is 2.02. The van der Waals surface area contributed by atoms with Crippen LogP contribution in [0.25, 0.3) is 10.8 Å². The zero-order valence-corrected chi connectivity index (χ0v) is 16.2. The first-order valence-electron chi connectivity index (χ1n) is 9.55. The van der Waals surface area contributed by atoms with E-state index in [4.69, 9.17) is 0 Å². The predicted molar refractivity (Wildman–Crippen MR) is 111 cm³/mol. The van der Waals surface area contributed by atoms with Crippen LogP contribution in [0.2, 0.25) is 0 Å². The molecule has 0 aliphatic carbocycles. The van der Waals surface area contributed by atoms with Gasteiger partial charge in [0, 0.05) is 39.8 Å². The number of carbonyl (C=O) groups is 1. The lowest BCUT2D eigenvalue weighted by Gasteiger charge is -2.32. The van der Waals surface area contributed by atoms with Gasteiger partial charge in [0.15, 0.2) is 5.96 Å². The highest BCUT2D eigenvalue weighted by molar-refractivity contribution is 5.83. The van der Waals surface area contributed by atoms with Gasteiger partial charge >= 0.3 is 0 Å². The van der Waals surface area contributed by atoms with Gasteiger partial charge in [-0.2, -0.15) is 0 Å². The van der Waals surface area contributed by atoms with E-state index in [9.17, 15) is 4.79 Å². The van der Waals surface area contributed by atoms with Crippen molar-refractivity contribution in [1.29, 1.82) is 0 Å². The van der Waals surface area contributed by atoms with E-state index in [0.29, 0.717) is 12.6 Å². The van der Waals surface area contributed by atoms with Crippen molar-refractivity contribution in [1.82, 2.24) is 20.9 Å². The lowest BCUT2D eigenvalue weighted by molar-refractivity contribution is -0.122. The second kappa shape index (κ2) is 9.37. The second-order valence-electron chi connectivity index (χ2n) is 6.98. The molecule has 6 nitrogen and oxygen atoms in total. The van der Waals surface area contributed by atoms with Crippen LogP contribution in [0.15, 0.2) is 47.5 Å². The Morgan fingerprint density at radius 1 is 1.15 bits per heavy atom. The molecular weight excluding hydrogens is 338 g/mol. The number of piperidine rings is 1. The summed E-state index contributed by atoms with van der Waals surface area (Å²) >= 11 is 0. The number of fused-ring (bicyclic) bond motifs is 1. The van der Waals surface area contributed by atoms with E-state index in [0.717, 1.165) is 38.4 Å². The van der Waals surface area contributed by atoms with Crippen molar-refractivity contribution in [2.75, 3.05) is 33.7 Å². The first-order chi connectivity index (χ1) is 13.2. The lowest BCUT2D eigenvalue weighted by Crippen LogP contribution is -2.49. The molecule has 1 aliphatic rings. The van der Waals surface area contributed by atoms with Crippen molar-refractivity contribution in [2.45, 2.75) is 25.4 Å². The Bertz CT molecular complexity index is 796. The monoisotopic (exact) mass is 367 g/mol. The average Bonchev–Trinajstić information content (AvgIpc) is 2.72. The number of hydrogen-bond donors (Lipinski definition) is 3. The number of amides is 1. The number of benzene rings is 2. The summed E-state index contributed by atoms with van der Waals surface area (Å²) < 4.78 is 0. The van der Waals surface area contributed by atoms with Crippen molar-refractivity contribution in [3.63, 3.8) is 0 Å². The SMILES string of the molecule is CN=C(NCc1ccc2ccccc2c1)NC1CCN(CC(=O)NC)CC1. The average molecular weight is 367 g/mol. The van der Waals surface area contributed by atoms with Gasteiger partial charge in [-0.05, 0) is 35.2 Å². The Morgan fingerprint density at radius 2 is 1.89 bits per heavy atom. The van der Waals surface area contributed by atoms with Crippen LogP contribution < -0.4 is 16.0 Å². The molecule has 0 spiro atoms. The summed E-state index contributed by atoms with van der Waals surface area (Å²) in [5, 5.41) is 12.1. The highest BCUT2D eigenvalue weighted by Crippen LogP contribution is 2.15. The van der Waals surface area contributed by atoms with Crippen LogP contribution in [-0.4, -0.2) is 56.5 Å². The number of likely N-dealkylation sites (N-methyl/N-ethyl adjacent to an activating group) is 1. The van der Waals surface area contributed by atoms with Crippen molar-refractivity contribution in [3.8, 4) is 0 Å². The Labute approximate surface area is 161 Å². The number of nitrogens with zero attached hydrogens (tertiary/aromatic N) is 2. The van der Waals surface area contributed by atoms with Crippen LogP contribution in [0.5, 0.6) is 0 Å². The Hall–Kier alpha value is -2.60. The number of aliphatic imine (C=N–C) groups is 1. The van der Waals surface area contributed by atoms with Gasteiger partial charge in [0.1, 0.15) is 0 Å². The maximum atomic E-state index is 11.5. The molecular formula is C21H29N5O. The summed E-state index contributed by atoms with van der Waals surface area (Å²) in [5.41, 5.74) is 1.23. The van der Waals surface area contributed by atoms with E-state index in [1.165, 1.54) is 16.3 Å². The molecule has 1 heterocycles. The number of nitrogens with one attached hydrogen (secondary N) is 3. The van der Waals surface area contributed by atoms with Gasteiger partial charge in [0.2, 0.25) is 5.91 Å². The third-order valence-corrected chi connectivity index (χ3v) is 5.07. The Kier molecular flexibility index (Phi) is 6.65. The zero-order valence-electron chi connectivity index (χ0n) is 16.2. The van der Waals surface area contributed by atoms with Gasteiger partial charge in [-0.25, -0.2) is 0 Å². The van der Waals surface area contributed by atoms with E-state index < -0.39 is 0 Å². The zero-order chi connectivity index (χ0) is 19.1. The van der Waals surface area contributed by atoms with Crippen LogP contribution in [0, 0.1) is 0 Å². The fourth-order valence-electron chi connectivity index (χ4n) is 3.44. The maximum Gasteiger partial charge on any atom is 0.233 e. The molecule has 0 atom stereocenters. The van der Waals surface area contributed by atoms with Crippen molar-refractivity contribution < 1.29 is 4.79 Å². The molecule has 2 aromatic rings. The topological polar surface area (TPSA) is 68.8 Å². The minimum atomic E-state index is 0.0780. The molecule has 1 aliphatic heterocycles. The minimum Gasteiger partial charge on any atom is -0.358 e. The van der Waals surface area contributed by atoms with Crippen LogP contribution in [0.4, 0.5) is 0 Å². The third-order valence-electron chi connectivity index (χ3n) is 5.07. The summed E-state index contributed by atoms with van der Waals surface area (Å²) in [6.45, 7) is 3.07. The number of likely N-dealkylation sites (tertiary alicyclic amines) is 1. The van der Waals surface area contributed by atoms with E-state index in [1.54, 1.807) is 14.1 Å². The first kappa shape index (κ1) is 19.2. The second-order valence-corrected chi connectivity index (χ2v) is 6.98. The molecule has 0 bridgehead atoms. The molecule has 6 heteroatoms. The van der Waals surface area contributed by atoms with Gasteiger partial charge < -0.3 is 16.0 Å². The molecule has 27 heavy (non-hydrogen) atoms. The highest BCUT2D eigenvalue weighted by Gasteiger charge is 2.21. The van der Waals surface area contributed by atoms with Crippen LogP contribution in [0.1, 0.15) is 18.4 Å². The van der Waals surface area contributed by atoms with Gasteiger partial charge in [-0.1, -0.05) is 36.4 Å². The molecule has 0 radical (unpaired) electrons. The van der Waals surface area contributed by atoms with E-state index in [1.807, 2.05) is 0 Å². The molecule has 0 saturated carbocycles. The molecule has 1 saturated heterocycles. The fourth-order valence-corrected chi connectivity index (χ4v) is 3.44. The Morgan fingerprint density at radius 3 is 2.59 bits per heavy atom. The smallest absolute Gasteiger partial charge is 0.233 e. The van der Waals surface area contributed by atoms with E-state index in [-0.39, 0.29) is 5.91 Å². The largest absolute Gasteiger partial charge is 0.358 e. The molecule has 144 valence electrons. The standard InChI is InChI=1S/C21H29N5O/c1-22-20(27)15-26-11-9-19(10-12-26)25-21(23-2)24-14-16-7-8-17-5-3-4-6-18(17)13-16/h3-8,13,19H,9-12,14-15H2,1-2H3,(H,22,27)(H2,23,24,25). The summed E-state index contributed by atoms with van der Waals surface area (Å²) in [6, 6.07) is 15.3. The highest BCUT2D eigenvalue weighted by atomic mass is 16.1. The number of rotatable bonds is 5. The molecule has 3 rings (SSSR count). The maximum absolute atomic E-state index is 11.5. The summed E-state index contributed by atoms with van der Waals surface area (Å²) in [5.74, 6) is 0.905. The summed E-state index contributed by atoms with van der Waals surface area (Å²) in [7, 11) is 3.48. The Balaban J connectivity index is 1.47. The quantitative estimate of drug-likeness (QED) is 0.556. The molecule has 1 fully saturated rings. The first-order valence-corrected chi connectivity index (χ1v) is 9.55. The van der Waals surface area contributed by atoms with Gasteiger partial charge in [-0.3, -0.25) is 14.7 Å². The van der Waals surface area contributed by atoms with Crippen molar-refractivity contribution in [3.05, 3.63) is 48.0 Å². The molecule has 1 amide bonds. The molecule has 3 N–H and O–H groups in total. The number of carbonyl (C=O) groups excluding carboxylic acids is 1. The normalized spacial score (nSPS) is 16.3. The van der Waals surface area contributed by atoms with Crippen molar-refractivity contribution >= 4 is 22.6 Å².